The van der Waals surface area contributed by atoms with Crippen molar-refractivity contribution in [3.8, 4) is 0 Å². The van der Waals surface area contributed by atoms with E-state index in [1.54, 1.807) is 19.0 Å². The number of aryl methyl sites for hydroxylation is 2. The van der Waals surface area contributed by atoms with Gasteiger partial charge >= 0.3 is 0 Å². The molecule has 2 fully saturated rings. The topological polar surface area (TPSA) is 50.6 Å². The Labute approximate surface area is 142 Å². The molecule has 3 rings (SSSR count). The fraction of sp³-hybridized carbons (Fsp3) is 0.750. The first kappa shape index (κ1) is 16.8. The van der Waals surface area contributed by atoms with Crippen molar-refractivity contribution in [2.24, 2.45) is 7.05 Å². The highest BCUT2D eigenvalue weighted by atomic mass is 32.2. The van der Waals surface area contributed by atoms with E-state index in [0.29, 0.717) is 4.75 Å². The van der Waals surface area contributed by atoms with Gasteiger partial charge in [-0.1, -0.05) is 0 Å². The van der Waals surface area contributed by atoms with E-state index in [9.17, 15) is 4.79 Å². The molecule has 1 aromatic heterocycles. The maximum absolute atomic E-state index is 11.6. The van der Waals surface area contributed by atoms with Gasteiger partial charge in [-0.15, -0.1) is 11.8 Å². The van der Waals surface area contributed by atoms with Crippen LogP contribution in [0, 0.1) is 6.92 Å². The minimum Gasteiger partial charge on any atom is -0.367 e. The predicted octanol–water partition coefficient (Wildman–Crippen LogP) is 0.893. The number of rotatable bonds is 5. The van der Waals surface area contributed by atoms with E-state index < -0.39 is 0 Å². The Balaban J connectivity index is 1.44. The molecule has 1 spiro atoms. The highest BCUT2D eigenvalue weighted by Gasteiger charge is 2.49. The third-order valence-corrected chi connectivity index (χ3v) is 6.20. The zero-order valence-electron chi connectivity index (χ0n) is 14.4. The van der Waals surface area contributed by atoms with Gasteiger partial charge in [-0.05, 0) is 19.4 Å². The largest absolute Gasteiger partial charge is 0.367 e. The molecule has 2 aliphatic rings. The molecule has 128 valence electrons. The van der Waals surface area contributed by atoms with Gasteiger partial charge in [-0.25, -0.2) is 0 Å². The van der Waals surface area contributed by atoms with Crippen LogP contribution < -0.4 is 0 Å². The normalized spacial score (nSPS) is 23.2. The van der Waals surface area contributed by atoms with Crippen LogP contribution in [0.5, 0.6) is 0 Å². The molecule has 0 radical (unpaired) electrons. The Bertz CT molecular complexity index is 581. The molecule has 2 saturated heterocycles. The van der Waals surface area contributed by atoms with Crippen molar-refractivity contribution in [2.75, 3.05) is 39.5 Å². The summed E-state index contributed by atoms with van der Waals surface area (Å²) in [6.07, 6.45) is 1.27. The van der Waals surface area contributed by atoms with E-state index in [1.165, 1.54) is 5.69 Å². The van der Waals surface area contributed by atoms with Crippen LogP contribution in [0.25, 0.3) is 0 Å². The molecular formula is C16H26N4O2S. The van der Waals surface area contributed by atoms with Gasteiger partial charge in [0.2, 0.25) is 5.91 Å². The third-order valence-electron chi connectivity index (χ3n) is 4.62. The molecule has 0 saturated carbocycles. The fourth-order valence-electron chi connectivity index (χ4n) is 3.37. The lowest BCUT2D eigenvalue weighted by Gasteiger charge is -2.47. The van der Waals surface area contributed by atoms with Gasteiger partial charge in [-0.2, -0.15) is 5.10 Å². The zero-order valence-corrected chi connectivity index (χ0v) is 15.2. The molecule has 6 nitrogen and oxygen atoms in total. The Hall–Kier alpha value is -1.05. The van der Waals surface area contributed by atoms with Crippen molar-refractivity contribution >= 4 is 17.7 Å². The maximum atomic E-state index is 11.6. The number of carbonyl (C=O) groups excluding carboxylic acids is 1. The van der Waals surface area contributed by atoms with Crippen molar-refractivity contribution in [3.63, 3.8) is 0 Å². The lowest BCUT2D eigenvalue weighted by atomic mass is 9.93. The van der Waals surface area contributed by atoms with E-state index in [2.05, 4.69) is 16.1 Å². The molecule has 0 unspecified atom stereocenters. The number of hydrogen-bond donors (Lipinski definition) is 0. The SMILES string of the molecule is Cc1cc(CN2CC3(C[C@@H](OCC(=O)N(C)C)CS3)C2)n(C)n1. The molecule has 0 bridgehead atoms. The van der Waals surface area contributed by atoms with Gasteiger partial charge in [0.25, 0.3) is 0 Å². The van der Waals surface area contributed by atoms with Crippen LogP contribution in [-0.2, 0) is 23.1 Å². The summed E-state index contributed by atoms with van der Waals surface area (Å²) < 4.78 is 8.09. The molecule has 0 aromatic carbocycles. The first-order chi connectivity index (χ1) is 10.9. The summed E-state index contributed by atoms with van der Waals surface area (Å²) in [5.74, 6) is 1.04. The standard InChI is InChI=1S/C16H26N4O2S/c1-12-5-13(19(4)17-12)7-20-10-16(11-20)6-14(9-23-16)22-8-15(21)18(2)3/h5,14H,6-11H2,1-4H3/t14-/m1/s1. The lowest BCUT2D eigenvalue weighted by Crippen LogP contribution is -2.58. The number of aromatic nitrogens is 2. The molecule has 1 aromatic rings. The van der Waals surface area contributed by atoms with Crippen molar-refractivity contribution in [1.29, 1.82) is 0 Å². The fourth-order valence-corrected chi connectivity index (χ4v) is 4.97. The molecule has 0 N–H and O–H groups in total. The third kappa shape index (κ3) is 3.72. The second kappa shape index (κ2) is 6.45. The van der Waals surface area contributed by atoms with Crippen molar-refractivity contribution < 1.29 is 9.53 Å². The Morgan fingerprint density at radius 2 is 2.26 bits per heavy atom. The number of likely N-dealkylation sites (N-methyl/N-ethyl adjacent to an activating group) is 1. The molecule has 0 aliphatic carbocycles. The average Bonchev–Trinajstić information content (AvgIpc) is 3.00. The number of ether oxygens (including phenoxy) is 1. The van der Waals surface area contributed by atoms with Gasteiger partial charge in [-0.3, -0.25) is 14.4 Å². The number of amides is 1. The second-order valence-electron chi connectivity index (χ2n) is 6.97. The van der Waals surface area contributed by atoms with Crippen LogP contribution >= 0.6 is 11.8 Å². The molecule has 1 atom stereocenters. The summed E-state index contributed by atoms with van der Waals surface area (Å²) in [6, 6.07) is 2.16. The number of thioether (sulfide) groups is 1. The number of hydrogen-bond acceptors (Lipinski definition) is 5. The van der Waals surface area contributed by atoms with Crippen LogP contribution in [0.15, 0.2) is 6.07 Å². The predicted molar refractivity (Wildman–Crippen MR) is 91.5 cm³/mol. The minimum absolute atomic E-state index is 0.0396. The van der Waals surface area contributed by atoms with Gasteiger partial charge < -0.3 is 9.64 Å². The Morgan fingerprint density at radius 3 is 2.87 bits per heavy atom. The van der Waals surface area contributed by atoms with Gasteiger partial charge in [0.1, 0.15) is 6.61 Å². The summed E-state index contributed by atoms with van der Waals surface area (Å²) in [6.45, 7) is 5.40. The summed E-state index contributed by atoms with van der Waals surface area (Å²) in [5, 5.41) is 4.41. The van der Waals surface area contributed by atoms with E-state index >= 15 is 0 Å². The quantitative estimate of drug-likeness (QED) is 0.798. The molecule has 3 heterocycles. The average molecular weight is 338 g/mol. The summed E-state index contributed by atoms with van der Waals surface area (Å²) in [5.41, 5.74) is 2.34. The number of likely N-dealkylation sites (tertiary alicyclic amines) is 1. The highest BCUT2D eigenvalue weighted by molar-refractivity contribution is 8.01. The van der Waals surface area contributed by atoms with Crippen molar-refractivity contribution in [1.82, 2.24) is 19.6 Å². The van der Waals surface area contributed by atoms with Gasteiger partial charge in [0.05, 0.1) is 17.5 Å². The lowest BCUT2D eigenvalue weighted by molar-refractivity contribution is -0.135. The summed E-state index contributed by atoms with van der Waals surface area (Å²) >= 11 is 2.01. The smallest absolute Gasteiger partial charge is 0.248 e. The summed E-state index contributed by atoms with van der Waals surface area (Å²) in [4.78, 5) is 15.7. The van der Waals surface area contributed by atoms with Crippen molar-refractivity contribution in [2.45, 2.75) is 30.7 Å². The van der Waals surface area contributed by atoms with Crippen LogP contribution in [0.1, 0.15) is 17.8 Å². The van der Waals surface area contributed by atoms with Crippen LogP contribution in [0.4, 0.5) is 0 Å². The number of nitrogens with zero attached hydrogens (tertiary/aromatic N) is 4. The molecule has 1 amide bonds. The highest BCUT2D eigenvalue weighted by Crippen LogP contribution is 2.46. The summed E-state index contributed by atoms with van der Waals surface area (Å²) in [7, 11) is 5.54. The van der Waals surface area contributed by atoms with Crippen LogP contribution in [0.2, 0.25) is 0 Å². The van der Waals surface area contributed by atoms with Gasteiger partial charge in [0, 0.05) is 51.3 Å². The van der Waals surface area contributed by atoms with Gasteiger partial charge in [0.15, 0.2) is 0 Å². The van der Waals surface area contributed by atoms with E-state index in [4.69, 9.17) is 4.74 Å². The van der Waals surface area contributed by atoms with E-state index in [-0.39, 0.29) is 18.6 Å². The molecule has 23 heavy (non-hydrogen) atoms. The van der Waals surface area contributed by atoms with E-state index in [0.717, 1.165) is 37.5 Å². The molecular weight excluding hydrogens is 312 g/mol. The van der Waals surface area contributed by atoms with Crippen molar-refractivity contribution in [3.05, 3.63) is 17.5 Å². The second-order valence-corrected chi connectivity index (χ2v) is 8.45. The molecule has 2 aliphatic heterocycles. The zero-order chi connectivity index (χ0) is 16.6. The first-order valence-corrected chi connectivity index (χ1v) is 9.03. The monoisotopic (exact) mass is 338 g/mol. The molecule has 7 heteroatoms. The van der Waals surface area contributed by atoms with Crippen LogP contribution in [0.3, 0.4) is 0 Å². The Kier molecular flexibility index (Phi) is 4.71. The Morgan fingerprint density at radius 1 is 1.52 bits per heavy atom. The van der Waals surface area contributed by atoms with Crippen LogP contribution in [-0.4, -0.2) is 75.9 Å². The number of carbonyl (C=O) groups is 1. The maximum Gasteiger partial charge on any atom is 0.248 e. The van der Waals surface area contributed by atoms with E-state index in [1.807, 2.05) is 30.4 Å². The minimum atomic E-state index is 0.0396. The first-order valence-electron chi connectivity index (χ1n) is 8.04.